The molecule has 0 unspecified atom stereocenters. The first-order valence-corrected chi connectivity index (χ1v) is 12.1. The molecule has 0 radical (unpaired) electrons. The third-order valence-electron chi connectivity index (χ3n) is 2.78. The summed E-state index contributed by atoms with van der Waals surface area (Å²) < 4.78 is 93.8. The maximum absolute atomic E-state index is 13.3. The van der Waals surface area contributed by atoms with Crippen LogP contribution in [0, 0.1) is 5.82 Å². The van der Waals surface area contributed by atoms with Gasteiger partial charge in [-0.3, -0.25) is 5.10 Å². The molecule has 0 fully saturated rings. The maximum Gasteiger partial charge on any atom is 0.321 e. The van der Waals surface area contributed by atoms with Crippen molar-refractivity contribution in [2.45, 2.75) is 26.7 Å². The van der Waals surface area contributed by atoms with Crippen LogP contribution in [-0.4, -0.2) is 44.7 Å². The van der Waals surface area contributed by atoms with E-state index in [-0.39, 0.29) is 25.0 Å². The van der Waals surface area contributed by atoms with Crippen LogP contribution in [0.1, 0.15) is 27.4 Å². The molecule has 3 heterocycles. The van der Waals surface area contributed by atoms with Gasteiger partial charge in [-0.2, -0.15) is 15.0 Å². The smallest absolute Gasteiger partial charge is 0.321 e. The summed E-state index contributed by atoms with van der Waals surface area (Å²) in [5, 5.41) is 13.5. The summed E-state index contributed by atoms with van der Waals surface area (Å²) >= 11 is 20.6. The van der Waals surface area contributed by atoms with Crippen LogP contribution in [0.4, 0.5) is 4.39 Å². The standard InChI is InChI=1S/C10H8BrClFN3O.C4H5Br2N3.C2HBr2N3/c1-2-16-10(14-9(11)15-16)17-8-4-6(12)3-7(13)5-8;1-2-9-4(6)7-3(5)8-9;3-1-5-2(4)7-6-1/h3-5H,2H2,1H3;2H2,1H3;(H,5,6,7)/i2*1D3,2D2;. The van der Waals surface area contributed by atoms with Gasteiger partial charge in [-0.15, -0.1) is 15.3 Å². The third-order valence-corrected chi connectivity index (χ3v) is 4.89. The van der Waals surface area contributed by atoms with Crippen LogP contribution in [-0.2, 0) is 13.0 Å². The van der Waals surface area contributed by atoms with Gasteiger partial charge in [0.2, 0.25) is 14.2 Å². The Kier molecular flexibility index (Phi) is 6.99. The Morgan fingerprint density at radius 1 is 1.00 bits per heavy atom. The number of hydrogen-bond acceptors (Lipinski definition) is 7. The molecule has 17 heteroatoms. The summed E-state index contributed by atoms with van der Waals surface area (Å²) in [6.45, 7) is -11.3. The summed E-state index contributed by atoms with van der Waals surface area (Å²) in [6.07, 6.45) is 0. The molecular weight excluding hydrogens is 788 g/mol. The number of nitrogens with zero attached hydrogens (tertiary/aromatic N) is 8. The molecule has 1 aromatic carbocycles. The summed E-state index contributed by atoms with van der Waals surface area (Å²) in [5.41, 5.74) is 0. The highest BCUT2D eigenvalue weighted by molar-refractivity contribution is 9.11. The van der Waals surface area contributed by atoms with Crippen molar-refractivity contribution in [3.05, 3.63) is 52.7 Å². The molecular formula is C16H14Br5ClFN9O. The average molecular weight is 812 g/mol. The van der Waals surface area contributed by atoms with Gasteiger partial charge in [0.1, 0.15) is 11.6 Å². The number of aromatic nitrogens is 9. The molecule has 0 amide bonds. The van der Waals surface area contributed by atoms with Crippen LogP contribution in [0.5, 0.6) is 11.8 Å². The van der Waals surface area contributed by atoms with Crippen molar-refractivity contribution in [2.75, 3.05) is 0 Å². The Morgan fingerprint density at radius 3 is 2.18 bits per heavy atom. The van der Waals surface area contributed by atoms with Crippen LogP contribution < -0.4 is 4.74 Å². The van der Waals surface area contributed by atoms with Gasteiger partial charge in [-0.05, 0) is 105 Å². The highest BCUT2D eigenvalue weighted by Gasteiger charge is 2.10. The Balaban J connectivity index is 0.000000260. The minimum absolute atomic E-state index is 0.0190. The minimum Gasteiger partial charge on any atom is -0.424 e. The number of benzene rings is 1. The summed E-state index contributed by atoms with van der Waals surface area (Å²) in [5.74, 6) is -0.751. The van der Waals surface area contributed by atoms with Gasteiger partial charge in [-0.1, -0.05) is 11.6 Å². The zero-order valence-corrected chi connectivity index (χ0v) is 24.0. The number of aryl methyl sites for hydroxylation is 2. The van der Waals surface area contributed by atoms with Gasteiger partial charge < -0.3 is 4.74 Å². The first kappa shape index (κ1) is 16.7. The van der Waals surface area contributed by atoms with Gasteiger partial charge in [0, 0.05) is 32.3 Å². The summed E-state index contributed by atoms with van der Waals surface area (Å²) in [7, 11) is 0. The molecule has 3 aromatic heterocycles. The van der Waals surface area contributed by atoms with E-state index < -0.39 is 38.5 Å². The van der Waals surface area contributed by atoms with Crippen molar-refractivity contribution in [1.82, 2.24) is 44.7 Å². The number of halogens is 7. The van der Waals surface area contributed by atoms with E-state index in [2.05, 4.69) is 115 Å². The Bertz CT molecular complexity index is 1510. The third kappa shape index (κ3) is 9.68. The molecule has 0 aliphatic carbocycles. The van der Waals surface area contributed by atoms with Crippen molar-refractivity contribution in [1.29, 1.82) is 0 Å². The molecule has 0 saturated heterocycles. The number of H-pyrrole nitrogens is 1. The highest BCUT2D eigenvalue weighted by atomic mass is 79.9. The second-order valence-electron chi connectivity index (χ2n) is 4.96. The zero-order chi connectivity index (χ0) is 33.1. The van der Waals surface area contributed by atoms with Gasteiger partial charge >= 0.3 is 6.01 Å². The quantitative estimate of drug-likeness (QED) is 0.242. The lowest BCUT2D eigenvalue weighted by molar-refractivity contribution is 0.399. The second-order valence-corrected chi connectivity index (χ2v) is 8.99. The lowest BCUT2D eigenvalue weighted by Crippen LogP contribution is -2.00. The molecule has 0 spiro atoms. The molecule has 178 valence electrons. The Morgan fingerprint density at radius 2 is 1.67 bits per heavy atom. The predicted molar refractivity (Wildman–Crippen MR) is 138 cm³/mol. The van der Waals surface area contributed by atoms with Crippen molar-refractivity contribution in [3.63, 3.8) is 0 Å². The van der Waals surface area contributed by atoms with E-state index in [4.69, 9.17) is 30.0 Å². The van der Waals surface area contributed by atoms with Gasteiger partial charge in [0.05, 0.1) is 5.48 Å². The van der Waals surface area contributed by atoms with Gasteiger partial charge in [0.25, 0.3) is 0 Å². The lowest BCUT2D eigenvalue weighted by Gasteiger charge is -2.05. The number of ether oxygens (including phenoxy) is 1. The molecule has 4 aromatic rings. The minimum atomic E-state index is -3.02. The Hall–Kier alpha value is -0.940. The molecule has 0 atom stereocenters. The van der Waals surface area contributed by atoms with E-state index >= 15 is 0 Å². The van der Waals surface area contributed by atoms with Crippen molar-refractivity contribution < 1.29 is 22.8 Å². The van der Waals surface area contributed by atoms with Crippen molar-refractivity contribution >= 4 is 91.3 Å². The summed E-state index contributed by atoms with van der Waals surface area (Å²) in [6, 6.07) is 2.85. The molecule has 0 aliphatic heterocycles. The van der Waals surface area contributed by atoms with Crippen molar-refractivity contribution in [3.8, 4) is 11.8 Å². The zero-order valence-electron chi connectivity index (χ0n) is 25.4. The van der Waals surface area contributed by atoms with Gasteiger partial charge in [-0.25, -0.2) is 13.8 Å². The first-order valence-electron chi connectivity index (χ1n) is 12.7. The van der Waals surface area contributed by atoms with Crippen LogP contribution in [0.3, 0.4) is 0 Å². The van der Waals surface area contributed by atoms with E-state index in [1.807, 2.05) is 0 Å². The highest BCUT2D eigenvalue weighted by Crippen LogP contribution is 2.25. The van der Waals surface area contributed by atoms with Crippen LogP contribution in [0.15, 0.2) is 41.9 Å². The van der Waals surface area contributed by atoms with Crippen LogP contribution in [0.2, 0.25) is 5.02 Å². The predicted octanol–water partition coefficient (Wildman–Crippen LogP) is 6.80. The van der Waals surface area contributed by atoms with E-state index in [0.29, 0.717) is 18.8 Å². The largest absolute Gasteiger partial charge is 0.424 e. The lowest BCUT2D eigenvalue weighted by atomic mass is 10.3. The normalized spacial score (nSPS) is 16.3. The van der Waals surface area contributed by atoms with E-state index in [9.17, 15) is 4.39 Å². The number of hydrogen-bond donors (Lipinski definition) is 1. The SMILES string of the molecule is Brc1n[nH]c(Br)n1.[2H]C([2H])([2H])C([2H])([2H])n1nc(Br)nc1Br.[2H]C([2H])([2H])C([2H])([2H])n1nc(Br)nc1Oc1cc(F)cc(Cl)c1. The summed E-state index contributed by atoms with van der Waals surface area (Å²) in [4.78, 5) is 11.2. The monoisotopic (exact) mass is 807 g/mol. The number of nitrogens with one attached hydrogen (secondary N) is 1. The number of aromatic amines is 1. The fourth-order valence-electron chi connectivity index (χ4n) is 1.67. The molecule has 0 bridgehead atoms. The maximum atomic E-state index is 13.3. The first-order chi connectivity index (χ1) is 19.5. The molecule has 0 saturated carbocycles. The molecule has 10 nitrogen and oxygen atoms in total. The molecule has 33 heavy (non-hydrogen) atoms. The van der Waals surface area contributed by atoms with Crippen LogP contribution in [0.25, 0.3) is 0 Å². The van der Waals surface area contributed by atoms with E-state index in [1.165, 1.54) is 6.07 Å². The van der Waals surface area contributed by atoms with Gasteiger partial charge in [0.15, 0.2) is 9.47 Å². The molecule has 0 aliphatic rings. The molecule has 4 rings (SSSR count). The van der Waals surface area contributed by atoms with Crippen molar-refractivity contribution in [2.24, 2.45) is 0 Å². The topological polar surface area (TPSA) is 112 Å². The average Bonchev–Trinajstić information content (AvgIpc) is 3.50. The van der Waals surface area contributed by atoms with Crippen LogP contribution >= 0.6 is 91.3 Å². The Labute approximate surface area is 248 Å². The fraction of sp³-hybridized carbons (Fsp3) is 0.250. The van der Waals surface area contributed by atoms with E-state index in [0.717, 1.165) is 12.1 Å². The number of rotatable bonds is 4. The fourth-order valence-corrected chi connectivity index (χ4v) is 3.85. The van der Waals surface area contributed by atoms with E-state index in [1.54, 1.807) is 0 Å². The second kappa shape index (κ2) is 13.8. The molecule has 1 N–H and O–H groups in total.